The second-order valence-corrected chi connectivity index (χ2v) is 14.3. The summed E-state index contributed by atoms with van der Waals surface area (Å²) in [5, 5.41) is -3.39. The van der Waals surface area contributed by atoms with Crippen LogP contribution in [0.1, 0.15) is 48.0 Å². The Morgan fingerprint density at radius 2 is 0.810 bits per heavy atom. The van der Waals surface area contributed by atoms with Crippen LogP contribution in [0.4, 0.5) is 0 Å². The summed E-state index contributed by atoms with van der Waals surface area (Å²) in [6.45, 7) is 0. The van der Waals surface area contributed by atoms with E-state index in [9.17, 15) is 20.6 Å². The minimum Gasteiger partial charge on any atom is -0.308 e. The highest BCUT2D eigenvalue weighted by Crippen LogP contribution is 2.46. The molecule has 0 fully saturated rings. The van der Waals surface area contributed by atoms with Crippen molar-refractivity contribution in [3.63, 3.8) is 0 Å². The normalized spacial score (nSPS) is 19.6. The molecule has 63 heavy (non-hydrogen) atoms. The number of aromatic nitrogens is 5. The van der Waals surface area contributed by atoms with Crippen molar-refractivity contribution in [1.82, 2.24) is 24.1 Å². The molecule has 13 rings (SSSR count). The average Bonchev–Trinajstić information content (AvgIpc) is 1.52. The van der Waals surface area contributed by atoms with Gasteiger partial charge in [-0.15, -0.1) is 11.3 Å². The molecule has 0 atom stereocenters. The topological polar surface area (TPSA) is 48.5 Å². The summed E-state index contributed by atoms with van der Waals surface area (Å²) < 4.78 is 319. The molecule has 13 aromatic rings. The zero-order valence-corrected chi connectivity index (χ0v) is 32.0. The number of hydrogen-bond acceptors (Lipinski definition) is 4. The zero-order valence-electron chi connectivity index (χ0n) is 66.1. The smallest absolute Gasteiger partial charge is 0.164 e. The van der Waals surface area contributed by atoms with Crippen LogP contribution in [0, 0.1) is 0 Å². The molecule has 0 aliphatic carbocycles. The minimum atomic E-state index is -1.06. The van der Waals surface area contributed by atoms with Crippen LogP contribution < -0.4 is 0 Å². The van der Waals surface area contributed by atoms with Gasteiger partial charge in [-0.05, 0) is 47.4 Å². The van der Waals surface area contributed by atoms with E-state index in [1.807, 2.05) is 0 Å². The third-order valence-corrected chi connectivity index (χ3v) is 11.1. The van der Waals surface area contributed by atoms with Gasteiger partial charge in [-0.25, -0.2) is 15.0 Å². The zero-order chi connectivity index (χ0) is 71.9. The number of fused-ring (bicyclic) bond motifs is 10. The van der Waals surface area contributed by atoms with E-state index in [4.69, 9.17) is 27.4 Å². The van der Waals surface area contributed by atoms with Crippen molar-refractivity contribution in [2.24, 2.45) is 0 Å². The van der Waals surface area contributed by atoms with Gasteiger partial charge in [-0.3, -0.25) is 0 Å². The SMILES string of the molecule is [2H]c1c([2H])c([2H])c(-c2nc(-c3c([2H])c([2H])c([2H])c([2H])c3[2H])nc(-c3c([2H])c([2H])c4c5c([2H])c([2H])c6c(sc7c(-n8c9c([2H])c([2H])c([2H])c([2H])c9c9c([2H])c([2H])c(-c%10c([2H])c([2H])c([2H])c([2H])c%10[2H])c([2H])c98)c([2H])c([2H])c([2H])c76)c5n(-c5c([2H])c([2H])c([2H])c([2H])c5[2H])c4c3[2H])n2)c([2H])c1[2H]. The van der Waals surface area contributed by atoms with Gasteiger partial charge in [0.2, 0.25) is 0 Å². The molecule has 0 unspecified atom stereocenters. The maximum atomic E-state index is 10.3. The minimum absolute atomic E-state index is 0.388. The molecule has 6 heteroatoms. The monoisotopic (exact) mass is 856 g/mol. The Bertz CT molecular complexity index is 5810. The van der Waals surface area contributed by atoms with E-state index in [1.165, 1.54) is 0 Å². The van der Waals surface area contributed by atoms with Gasteiger partial charge in [-0.1, -0.05) is 175 Å². The molecule has 4 heterocycles. The molecule has 5 nitrogen and oxygen atoms in total. The van der Waals surface area contributed by atoms with Gasteiger partial charge in [0.25, 0.3) is 0 Å². The summed E-state index contributed by atoms with van der Waals surface area (Å²) in [5.41, 5.74) is -8.18. The highest BCUT2D eigenvalue weighted by Gasteiger charge is 2.22. The largest absolute Gasteiger partial charge is 0.308 e. The van der Waals surface area contributed by atoms with Crippen LogP contribution in [-0.4, -0.2) is 24.1 Å². The molecule has 0 amide bonds. The number of rotatable bonds is 6. The molecule has 0 saturated carbocycles. The lowest BCUT2D eigenvalue weighted by molar-refractivity contribution is 1.07. The molecule has 0 aliphatic heterocycles. The number of thiophene rings is 1. The van der Waals surface area contributed by atoms with E-state index in [0.29, 0.717) is 11.3 Å². The first-order chi connectivity index (χ1) is 45.8. The Morgan fingerprint density at radius 3 is 1.51 bits per heavy atom. The Labute approximate surface area is 415 Å². The van der Waals surface area contributed by atoms with Crippen molar-refractivity contribution in [1.29, 1.82) is 0 Å². The summed E-state index contributed by atoms with van der Waals surface area (Å²) in [4.78, 5) is 13.0. The van der Waals surface area contributed by atoms with Gasteiger partial charge in [-0.2, -0.15) is 0 Å². The lowest BCUT2D eigenvalue weighted by atomic mass is 10.0. The van der Waals surface area contributed by atoms with E-state index in [-0.39, 0.29) is 4.70 Å². The maximum Gasteiger partial charge on any atom is 0.164 e. The van der Waals surface area contributed by atoms with Gasteiger partial charge in [0.1, 0.15) is 0 Å². The first-order valence-corrected chi connectivity index (χ1v) is 19.2. The van der Waals surface area contributed by atoms with E-state index >= 15 is 0 Å². The first-order valence-electron chi connectivity index (χ1n) is 35.8. The molecular weight excluding hydrogens is 787 g/mol. The van der Waals surface area contributed by atoms with Crippen molar-refractivity contribution in [3.8, 4) is 56.7 Å². The van der Waals surface area contributed by atoms with Crippen LogP contribution in [0.15, 0.2) is 211 Å². The van der Waals surface area contributed by atoms with Crippen molar-refractivity contribution in [2.45, 2.75) is 0 Å². The highest BCUT2D eigenvalue weighted by molar-refractivity contribution is 7.27. The van der Waals surface area contributed by atoms with E-state index in [2.05, 4.69) is 15.0 Å². The summed E-state index contributed by atoms with van der Waals surface area (Å²) >= 11 is 0.459. The quantitative estimate of drug-likeness (QED) is 0.167. The van der Waals surface area contributed by atoms with Crippen molar-refractivity contribution in [2.75, 3.05) is 0 Å². The lowest BCUT2D eigenvalue weighted by Gasteiger charge is -2.10. The molecule has 0 saturated heterocycles. The van der Waals surface area contributed by atoms with E-state index < -0.39 is 327 Å². The molecular formula is C57H35N5S. The van der Waals surface area contributed by atoms with Gasteiger partial charge in [0, 0.05) is 54.7 Å². The van der Waals surface area contributed by atoms with E-state index in [0.717, 1.165) is 9.13 Å². The second-order valence-electron chi connectivity index (χ2n) is 13.3. The Balaban J connectivity index is 1.27. The van der Waals surface area contributed by atoms with Gasteiger partial charge < -0.3 is 9.13 Å². The van der Waals surface area contributed by atoms with Crippen LogP contribution in [-0.2, 0) is 0 Å². The Morgan fingerprint density at radius 1 is 0.333 bits per heavy atom. The highest BCUT2D eigenvalue weighted by atomic mass is 32.1. The molecule has 0 spiro atoms. The Kier molecular flexibility index (Phi) is 3.45. The molecule has 4 aromatic heterocycles. The fraction of sp³-hybridized carbons (Fsp3) is 0. The molecule has 9 aromatic carbocycles. The third-order valence-electron chi connectivity index (χ3n) is 9.89. The van der Waals surface area contributed by atoms with Crippen LogP contribution in [0.25, 0.3) is 120 Å². The summed E-state index contributed by atoms with van der Waals surface area (Å²) in [6.07, 6.45) is 0. The maximum absolute atomic E-state index is 10.3. The standard InChI is InChI=1S/C57H35N5S/c1-5-16-36(17-6-1)39-28-30-43-42-24-13-14-26-48(42)62(51(43)34-39)49-27-15-25-46-47-33-32-45-44-31-29-40(35-50(44)61(41-22-11-4-12-23-41)52(45)54(47)63-53(46)49)57-59-55(37-18-7-2-8-19-37)58-56(60-57)38-20-9-3-10-21-38/h1-35H/i1D,2D,3D,4D,5D,6D,7D,8D,9D,10D,11D,12D,13D,14D,15D,16D,17D,18D,19D,20D,21D,22D,23D,24D,25D,26D,27D,28D,29D,30D,31D,32D,33D,34D,35D. The van der Waals surface area contributed by atoms with Gasteiger partial charge in [0.15, 0.2) is 17.5 Å². The average molecular weight is 857 g/mol. The number of para-hydroxylation sites is 2. The number of nitrogens with zero attached hydrogens (tertiary/aromatic N) is 5. The van der Waals surface area contributed by atoms with Crippen molar-refractivity contribution < 1.29 is 48.0 Å². The van der Waals surface area contributed by atoms with Crippen molar-refractivity contribution >= 4 is 75.1 Å². The third kappa shape index (κ3) is 5.66. The summed E-state index contributed by atoms with van der Waals surface area (Å²) in [7, 11) is 0. The Hall–Kier alpha value is -8.19. The van der Waals surface area contributed by atoms with Gasteiger partial charge >= 0.3 is 0 Å². The first kappa shape index (κ1) is 15.3. The van der Waals surface area contributed by atoms with Crippen LogP contribution >= 0.6 is 11.3 Å². The van der Waals surface area contributed by atoms with Crippen LogP contribution in [0.3, 0.4) is 0 Å². The fourth-order valence-corrected chi connectivity index (χ4v) is 8.52. The van der Waals surface area contributed by atoms with Crippen LogP contribution in [0.2, 0.25) is 0 Å². The van der Waals surface area contributed by atoms with E-state index in [1.54, 1.807) is 0 Å². The van der Waals surface area contributed by atoms with Crippen molar-refractivity contribution in [3.05, 3.63) is 211 Å². The van der Waals surface area contributed by atoms with Gasteiger partial charge in [0.05, 0.1) is 85.1 Å². The lowest BCUT2D eigenvalue weighted by Crippen LogP contribution is -2.00. The fourth-order valence-electron chi connectivity index (χ4n) is 7.28. The molecule has 0 radical (unpaired) electrons. The van der Waals surface area contributed by atoms with Crippen LogP contribution in [0.5, 0.6) is 0 Å². The second kappa shape index (κ2) is 14.2. The molecule has 0 aliphatic rings. The summed E-state index contributed by atoms with van der Waals surface area (Å²) in [6, 6.07) is -33.3. The predicted molar refractivity (Wildman–Crippen MR) is 263 cm³/mol. The predicted octanol–water partition coefficient (Wildman–Crippen LogP) is 15.1. The number of hydrogen-bond donors (Lipinski definition) is 0. The molecule has 0 N–H and O–H groups in total. The number of benzene rings is 9. The molecule has 0 bridgehead atoms. The summed E-state index contributed by atoms with van der Waals surface area (Å²) in [5.74, 6) is -2.70. The molecule has 294 valence electrons.